The zero-order valence-electron chi connectivity index (χ0n) is 18.6. The first kappa shape index (κ1) is 20.5. The lowest BCUT2D eigenvalue weighted by atomic mass is 9.97. The summed E-state index contributed by atoms with van der Waals surface area (Å²) < 4.78 is 7.77. The Kier molecular flexibility index (Phi) is 5.53. The first-order chi connectivity index (χ1) is 15.6. The van der Waals surface area contributed by atoms with E-state index >= 15 is 0 Å². The molecule has 3 N–H and O–H groups in total. The van der Waals surface area contributed by atoms with Crippen LogP contribution in [0.15, 0.2) is 36.7 Å². The number of hydrogen-bond acceptors (Lipinski definition) is 7. The van der Waals surface area contributed by atoms with Gasteiger partial charge in [0, 0.05) is 48.3 Å². The third-order valence-corrected chi connectivity index (χ3v) is 6.29. The van der Waals surface area contributed by atoms with Crippen molar-refractivity contribution in [2.45, 2.75) is 32.2 Å². The van der Waals surface area contributed by atoms with Crippen molar-refractivity contribution < 1.29 is 4.74 Å². The van der Waals surface area contributed by atoms with Gasteiger partial charge in [-0.05, 0) is 56.5 Å². The van der Waals surface area contributed by atoms with Crippen LogP contribution in [0.25, 0.3) is 16.8 Å². The fourth-order valence-corrected chi connectivity index (χ4v) is 4.48. The molecule has 8 heteroatoms. The summed E-state index contributed by atoms with van der Waals surface area (Å²) in [6.07, 6.45) is 10.3. The van der Waals surface area contributed by atoms with Gasteiger partial charge in [-0.25, -0.2) is 9.97 Å². The van der Waals surface area contributed by atoms with Crippen molar-refractivity contribution in [3.8, 4) is 17.0 Å². The molecule has 0 saturated heterocycles. The van der Waals surface area contributed by atoms with Crippen LogP contribution in [0.1, 0.15) is 30.5 Å². The van der Waals surface area contributed by atoms with Gasteiger partial charge in [0.05, 0.1) is 24.7 Å². The monoisotopic (exact) mass is 431 g/mol. The van der Waals surface area contributed by atoms with Crippen LogP contribution < -0.4 is 15.8 Å². The highest BCUT2D eigenvalue weighted by atomic mass is 16.5. The minimum Gasteiger partial charge on any atom is -0.495 e. The summed E-state index contributed by atoms with van der Waals surface area (Å²) >= 11 is 0. The largest absolute Gasteiger partial charge is 0.495 e. The molecule has 166 valence electrons. The van der Waals surface area contributed by atoms with E-state index in [1.165, 1.54) is 24.1 Å². The van der Waals surface area contributed by atoms with E-state index < -0.39 is 0 Å². The Balaban J connectivity index is 1.44. The van der Waals surface area contributed by atoms with Crippen molar-refractivity contribution >= 4 is 22.9 Å². The lowest BCUT2D eigenvalue weighted by Crippen LogP contribution is -2.23. The van der Waals surface area contributed by atoms with Gasteiger partial charge >= 0.3 is 0 Å². The van der Waals surface area contributed by atoms with E-state index in [9.17, 15) is 0 Å². The molecule has 0 atom stereocenters. The smallest absolute Gasteiger partial charge is 0.227 e. The summed E-state index contributed by atoms with van der Waals surface area (Å²) in [4.78, 5) is 11.5. The molecule has 0 fully saturated rings. The molecule has 2 aliphatic rings. The van der Waals surface area contributed by atoms with E-state index in [1.807, 2.05) is 24.4 Å². The van der Waals surface area contributed by atoms with Crippen molar-refractivity contribution in [3.05, 3.63) is 47.9 Å². The number of hydrogen-bond donors (Lipinski definition) is 2. The summed E-state index contributed by atoms with van der Waals surface area (Å²) in [5, 5.41) is 7.84. The first-order valence-corrected chi connectivity index (χ1v) is 11.1. The number of nitrogens with two attached hydrogens (primary N) is 1. The molecule has 0 unspecified atom stereocenters. The lowest BCUT2D eigenvalue weighted by Gasteiger charge is -2.23. The minimum absolute atomic E-state index is 0.502. The van der Waals surface area contributed by atoms with Crippen LogP contribution in [0.2, 0.25) is 0 Å². The van der Waals surface area contributed by atoms with Crippen LogP contribution in [-0.2, 0) is 13.0 Å². The Hall–Kier alpha value is -3.39. The highest BCUT2D eigenvalue weighted by Gasteiger charge is 2.19. The highest BCUT2D eigenvalue weighted by Crippen LogP contribution is 2.37. The normalized spacial score (nSPS) is 16.4. The molecule has 3 aromatic rings. The van der Waals surface area contributed by atoms with Gasteiger partial charge in [-0.15, -0.1) is 0 Å². The molecule has 4 heterocycles. The van der Waals surface area contributed by atoms with Crippen LogP contribution in [-0.4, -0.2) is 51.9 Å². The number of aromatic nitrogens is 4. The number of nitrogen functional groups attached to an aromatic ring is 1. The van der Waals surface area contributed by atoms with Gasteiger partial charge in [0.1, 0.15) is 5.75 Å². The fraction of sp³-hybridized carbons (Fsp3) is 0.375. The maximum absolute atomic E-state index is 6.45. The average Bonchev–Trinajstić information content (AvgIpc) is 3.24. The van der Waals surface area contributed by atoms with Gasteiger partial charge in [0.2, 0.25) is 5.95 Å². The third kappa shape index (κ3) is 3.93. The lowest BCUT2D eigenvalue weighted by molar-refractivity contribution is 0.370. The van der Waals surface area contributed by atoms with Crippen molar-refractivity contribution in [3.63, 3.8) is 0 Å². The fourth-order valence-electron chi connectivity index (χ4n) is 4.48. The van der Waals surface area contributed by atoms with E-state index in [4.69, 9.17) is 15.5 Å². The Labute approximate surface area is 188 Å². The summed E-state index contributed by atoms with van der Waals surface area (Å²) in [6, 6.07) is 5.84. The van der Waals surface area contributed by atoms with Gasteiger partial charge < -0.3 is 20.7 Å². The van der Waals surface area contributed by atoms with Crippen molar-refractivity contribution in [1.82, 2.24) is 24.6 Å². The minimum atomic E-state index is 0.502. The number of ether oxygens (including phenoxy) is 1. The zero-order valence-corrected chi connectivity index (χ0v) is 18.6. The van der Waals surface area contributed by atoms with Crippen molar-refractivity contribution in [2.24, 2.45) is 0 Å². The molecule has 0 spiro atoms. The van der Waals surface area contributed by atoms with Crippen LogP contribution in [0.5, 0.6) is 5.75 Å². The summed E-state index contributed by atoms with van der Waals surface area (Å²) in [7, 11) is 3.79. The Bertz CT molecular complexity index is 1170. The molecule has 32 heavy (non-hydrogen) atoms. The van der Waals surface area contributed by atoms with Gasteiger partial charge in [-0.1, -0.05) is 6.08 Å². The Morgan fingerprint density at radius 1 is 1.12 bits per heavy atom. The molecule has 0 aliphatic carbocycles. The van der Waals surface area contributed by atoms with E-state index in [2.05, 4.69) is 38.1 Å². The second-order valence-corrected chi connectivity index (χ2v) is 8.46. The highest BCUT2D eigenvalue weighted by molar-refractivity contribution is 5.82. The molecule has 0 amide bonds. The van der Waals surface area contributed by atoms with Gasteiger partial charge in [0.25, 0.3) is 0 Å². The average molecular weight is 432 g/mol. The summed E-state index contributed by atoms with van der Waals surface area (Å²) in [5.41, 5.74) is 13.4. The topological polar surface area (TPSA) is 94.1 Å². The maximum atomic E-state index is 6.45. The van der Waals surface area contributed by atoms with E-state index in [1.54, 1.807) is 13.3 Å². The summed E-state index contributed by atoms with van der Waals surface area (Å²) in [5.74, 6) is 1.22. The van der Waals surface area contributed by atoms with E-state index in [0.29, 0.717) is 17.4 Å². The number of fused-ring (bicyclic) bond motifs is 1. The number of nitrogens with one attached hydrogen (secondary N) is 1. The number of nitrogens with zero attached hydrogens (tertiary/aromatic N) is 5. The maximum Gasteiger partial charge on any atom is 0.227 e. The molecule has 1 aromatic carbocycles. The number of methoxy groups -OCH3 is 1. The number of aryl methyl sites for hydroxylation is 1. The second-order valence-electron chi connectivity index (χ2n) is 8.46. The van der Waals surface area contributed by atoms with Crippen LogP contribution >= 0.6 is 0 Å². The second kappa shape index (κ2) is 8.63. The molecular formula is C24H29N7O. The quantitative estimate of drug-likeness (QED) is 0.595. The van der Waals surface area contributed by atoms with Gasteiger partial charge in [0.15, 0.2) is 0 Å². The molecule has 0 radical (unpaired) electrons. The Morgan fingerprint density at radius 2 is 2.03 bits per heavy atom. The summed E-state index contributed by atoms with van der Waals surface area (Å²) in [6.45, 7) is 2.92. The molecule has 2 aliphatic heterocycles. The standard InChI is InChI=1S/C24H29N7O/c1-30-11-7-16(8-12-30)17-13-23(32-2)21(14-19(17)25)29-24-26-9-6-20(28-24)18-15-27-31-10-4-3-5-22(18)31/h6-7,9,13-15H,3-5,8,10-12,25H2,1-2H3,(H,26,28,29). The number of rotatable bonds is 5. The molecule has 8 nitrogen and oxygen atoms in total. The van der Waals surface area contributed by atoms with Crippen LogP contribution in [0.4, 0.5) is 17.3 Å². The SMILES string of the molecule is COc1cc(C2=CCN(C)CC2)c(N)cc1Nc1nccc(-c2cnn3c2CCCC3)n1. The van der Waals surface area contributed by atoms with E-state index in [-0.39, 0.29) is 0 Å². The number of likely N-dealkylation sites (N-methyl/N-ethyl adjacent to an activating group) is 1. The van der Waals surface area contributed by atoms with Gasteiger partial charge in [-0.3, -0.25) is 4.68 Å². The number of benzene rings is 1. The van der Waals surface area contributed by atoms with Crippen LogP contribution in [0, 0.1) is 0 Å². The Morgan fingerprint density at radius 3 is 2.84 bits per heavy atom. The van der Waals surface area contributed by atoms with Gasteiger partial charge in [-0.2, -0.15) is 5.10 Å². The van der Waals surface area contributed by atoms with Crippen LogP contribution in [0.3, 0.4) is 0 Å². The predicted octanol–water partition coefficient (Wildman–Crippen LogP) is 3.73. The molecule has 0 bridgehead atoms. The van der Waals surface area contributed by atoms with E-state index in [0.717, 1.165) is 55.0 Å². The number of anilines is 3. The zero-order chi connectivity index (χ0) is 22.1. The van der Waals surface area contributed by atoms with Crippen molar-refractivity contribution in [2.75, 3.05) is 38.3 Å². The molecule has 2 aromatic heterocycles. The predicted molar refractivity (Wildman–Crippen MR) is 127 cm³/mol. The molecule has 0 saturated carbocycles. The first-order valence-electron chi connectivity index (χ1n) is 11.1. The molecule has 5 rings (SSSR count). The molecular weight excluding hydrogens is 402 g/mol. The third-order valence-electron chi connectivity index (χ3n) is 6.29. The van der Waals surface area contributed by atoms with Crippen molar-refractivity contribution in [1.29, 1.82) is 0 Å².